The Labute approximate surface area is 138 Å². The maximum atomic E-state index is 12.0. The summed E-state index contributed by atoms with van der Waals surface area (Å²) in [5.74, 6) is 2.32. The highest BCUT2D eigenvalue weighted by atomic mass is 35.5. The molecule has 2 rings (SSSR count). The number of carbonyl (C=O) groups is 1. The van der Waals surface area contributed by atoms with Crippen molar-refractivity contribution in [2.45, 2.75) is 6.42 Å². The zero-order valence-electron chi connectivity index (χ0n) is 12.0. The first-order valence-corrected chi connectivity index (χ1v) is 8.57. The van der Waals surface area contributed by atoms with Gasteiger partial charge in [0.1, 0.15) is 5.76 Å². The molecule has 118 valence electrons. The van der Waals surface area contributed by atoms with Gasteiger partial charge in [-0.2, -0.15) is 11.8 Å². The van der Waals surface area contributed by atoms with Crippen molar-refractivity contribution in [3.8, 4) is 11.3 Å². The molecular formula is C16H18ClNO3S. The normalized spacial score (nSPS) is 10.6. The maximum Gasteiger partial charge on any atom is 0.287 e. The standard InChI is InChI=1S/C16H18ClNO3S/c17-13-5-2-1-4-12(13)14-6-7-15(21-14)16(20)18-8-11-22-10-3-9-19/h1-2,4-7,19H,3,8-11H2,(H,18,20). The average molecular weight is 340 g/mol. The highest BCUT2D eigenvalue weighted by Gasteiger charge is 2.13. The van der Waals surface area contributed by atoms with Crippen LogP contribution in [0.5, 0.6) is 0 Å². The second-order valence-electron chi connectivity index (χ2n) is 4.59. The molecule has 0 spiro atoms. The van der Waals surface area contributed by atoms with Crippen LogP contribution in [0, 0.1) is 0 Å². The monoisotopic (exact) mass is 339 g/mol. The van der Waals surface area contributed by atoms with Gasteiger partial charge in [0.25, 0.3) is 5.91 Å². The van der Waals surface area contributed by atoms with E-state index in [9.17, 15) is 4.79 Å². The van der Waals surface area contributed by atoms with Crippen molar-refractivity contribution >= 4 is 29.3 Å². The van der Waals surface area contributed by atoms with Gasteiger partial charge in [0.05, 0.1) is 5.02 Å². The molecular weight excluding hydrogens is 322 g/mol. The summed E-state index contributed by atoms with van der Waals surface area (Å²) in [6.07, 6.45) is 0.776. The molecule has 2 N–H and O–H groups in total. The van der Waals surface area contributed by atoms with Gasteiger partial charge in [0, 0.05) is 24.5 Å². The van der Waals surface area contributed by atoms with Crippen molar-refractivity contribution in [3.05, 3.63) is 47.2 Å². The molecule has 1 amide bonds. The van der Waals surface area contributed by atoms with E-state index in [1.165, 1.54) is 0 Å². The van der Waals surface area contributed by atoms with Gasteiger partial charge >= 0.3 is 0 Å². The summed E-state index contributed by atoms with van der Waals surface area (Å²) in [6, 6.07) is 10.7. The molecule has 1 aromatic heterocycles. The Morgan fingerprint density at radius 1 is 1.23 bits per heavy atom. The summed E-state index contributed by atoms with van der Waals surface area (Å²) in [7, 11) is 0. The number of benzene rings is 1. The number of thioether (sulfide) groups is 1. The first-order valence-electron chi connectivity index (χ1n) is 7.04. The number of hydrogen-bond acceptors (Lipinski definition) is 4. The second-order valence-corrected chi connectivity index (χ2v) is 6.22. The summed E-state index contributed by atoms with van der Waals surface area (Å²) < 4.78 is 5.57. The van der Waals surface area contributed by atoms with Crippen LogP contribution in [0.25, 0.3) is 11.3 Å². The van der Waals surface area contributed by atoms with E-state index in [0.29, 0.717) is 17.3 Å². The third-order valence-corrected chi connectivity index (χ3v) is 4.35. The number of aliphatic hydroxyl groups excluding tert-OH is 1. The fraction of sp³-hybridized carbons (Fsp3) is 0.312. The van der Waals surface area contributed by atoms with Crippen LogP contribution < -0.4 is 5.32 Å². The highest BCUT2D eigenvalue weighted by Crippen LogP contribution is 2.28. The van der Waals surface area contributed by atoms with Crippen LogP contribution in [-0.4, -0.2) is 35.7 Å². The Balaban J connectivity index is 1.86. The summed E-state index contributed by atoms with van der Waals surface area (Å²) in [6.45, 7) is 0.771. The van der Waals surface area contributed by atoms with Gasteiger partial charge < -0.3 is 14.8 Å². The number of hydrogen-bond donors (Lipinski definition) is 2. The van der Waals surface area contributed by atoms with E-state index < -0.39 is 0 Å². The van der Waals surface area contributed by atoms with Gasteiger partial charge in [0.2, 0.25) is 0 Å². The second kappa shape index (κ2) is 8.88. The zero-order chi connectivity index (χ0) is 15.8. The molecule has 0 saturated heterocycles. The summed E-state index contributed by atoms with van der Waals surface area (Å²) in [5, 5.41) is 12.1. The third-order valence-electron chi connectivity index (χ3n) is 2.95. The van der Waals surface area contributed by atoms with Crippen molar-refractivity contribution in [3.63, 3.8) is 0 Å². The maximum absolute atomic E-state index is 12.0. The number of nitrogens with one attached hydrogen (secondary N) is 1. The van der Waals surface area contributed by atoms with Crippen LogP contribution in [0.3, 0.4) is 0 Å². The molecule has 0 aliphatic heterocycles. The highest BCUT2D eigenvalue weighted by molar-refractivity contribution is 7.99. The molecule has 0 bridgehead atoms. The molecule has 0 saturated carbocycles. The van der Waals surface area contributed by atoms with Crippen LogP contribution >= 0.6 is 23.4 Å². The summed E-state index contributed by atoms with van der Waals surface area (Å²) in [5.41, 5.74) is 0.766. The molecule has 0 unspecified atom stereocenters. The smallest absolute Gasteiger partial charge is 0.287 e. The quantitative estimate of drug-likeness (QED) is 0.723. The third kappa shape index (κ3) is 4.80. The molecule has 0 aliphatic carbocycles. The lowest BCUT2D eigenvalue weighted by Gasteiger charge is -2.03. The first kappa shape index (κ1) is 16.9. The predicted octanol–water partition coefficient (Wildman–Crippen LogP) is 3.45. The lowest BCUT2D eigenvalue weighted by Crippen LogP contribution is -2.25. The van der Waals surface area contributed by atoms with E-state index >= 15 is 0 Å². The van der Waals surface area contributed by atoms with Crippen LogP contribution in [-0.2, 0) is 0 Å². The van der Waals surface area contributed by atoms with Crippen LogP contribution in [0.1, 0.15) is 17.0 Å². The van der Waals surface area contributed by atoms with E-state index in [1.807, 2.05) is 18.2 Å². The van der Waals surface area contributed by atoms with Gasteiger partial charge in [-0.1, -0.05) is 23.7 Å². The molecule has 1 heterocycles. The molecule has 4 nitrogen and oxygen atoms in total. The number of furan rings is 1. The van der Waals surface area contributed by atoms with Gasteiger partial charge in [-0.15, -0.1) is 0 Å². The van der Waals surface area contributed by atoms with Crippen LogP contribution in [0.4, 0.5) is 0 Å². The van der Waals surface area contributed by atoms with Crippen molar-refractivity contribution in [1.29, 1.82) is 0 Å². The van der Waals surface area contributed by atoms with Gasteiger partial charge in [0.15, 0.2) is 5.76 Å². The largest absolute Gasteiger partial charge is 0.451 e. The molecule has 2 aromatic rings. The minimum absolute atomic E-state index is 0.205. The molecule has 0 fully saturated rings. The predicted molar refractivity (Wildman–Crippen MR) is 90.5 cm³/mol. The van der Waals surface area contributed by atoms with Gasteiger partial charge in [-0.25, -0.2) is 0 Å². The number of halogens is 1. The van der Waals surface area contributed by atoms with Crippen molar-refractivity contribution in [1.82, 2.24) is 5.32 Å². The van der Waals surface area contributed by atoms with Crippen molar-refractivity contribution in [2.24, 2.45) is 0 Å². The topological polar surface area (TPSA) is 62.5 Å². The Morgan fingerprint density at radius 2 is 2.05 bits per heavy atom. The fourth-order valence-corrected chi connectivity index (χ4v) is 2.87. The summed E-state index contributed by atoms with van der Waals surface area (Å²) in [4.78, 5) is 12.0. The molecule has 1 aromatic carbocycles. The molecule has 0 aliphatic rings. The number of aliphatic hydroxyl groups is 1. The number of rotatable bonds is 8. The van der Waals surface area contributed by atoms with E-state index in [1.54, 1.807) is 30.0 Å². The molecule has 6 heteroatoms. The van der Waals surface area contributed by atoms with Crippen molar-refractivity contribution in [2.75, 3.05) is 24.7 Å². The van der Waals surface area contributed by atoms with E-state index in [-0.39, 0.29) is 18.3 Å². The SMILES string of the molecule is O=C(NCCSCCCO)c1ccc(-c2ccccc2Cl)o1. The molecule has 22 heavy (non-hydrogen) atoms. The zero-order valence-corrected chi connectivity index (χ0v) is 13.6. The Kier molecular flexibility index (Phi) is 6.83. The summed E-state index contributed by atoms with van der Waals surface area (Å²) >= 11 is 7.81. The fourth-order valence-electron chi connectivity index (χ4n) is 1.86. The lowest BCUT2D eigenvalue weighted by molar-refractivity contribution is 0.0929. The van der Waals surface area contributed by atoms with E-state index in [0.717, 1.165) is 23.5 Å². The van der Waals surface area contributed by atoms with E-state index in [4.69, 9.17) is 21.1 Å². The van der Waals surface area contributed by atoms with Gasteiger partial charge in [-0.05, 0) is 36.4 Å². The molecule has 0 radical (unpaired) electrons. The Morgan fingerprint density at radius 3 is 2.82 bits per heavy atom. The Bertz CT molecular complexity index is 615. The van der Waals surface area contributed by atoms with E-state index in [2.05, 4.69) is 5.32 Å². The minimum atomic E-state index is -0.235. The lowest BCUT2D eigenvalue weighted by atomic mass is 10.2. The van der Waals surface area contributed by atoms with Gasteiger partial charge in [-0.3, -0.25) is 4.79 Å². The number of carbonyl (C=O) groups excluding carboxylic acids is 1. The number of amides is 1. The van der Waals surface area contributed by atoms with Crippen LogP contribution in [0.2, 0.25) is 5.02 Å². The average Bonchev–Trinajstić information content (AvgIpc) is 3.01. The first-order chi connectivity index (χ1) is 10.7. The Hall–Kier alpha value is -1.43. The van der Waals surface area contributed by atoms with Crippen LogP contribution in [0.15, 0.2) is 40.8 Å². The van der Waals surface area contributed by atoms with Crippen molar-refractivity contribution < 1.29 is 14.3 Å². The molecule has 0 atom stereocenters. The minimum Gasteiger partial charge on any atom is -0.451 e.